The molecule has 0 atom stereocenters. The highest BCUT2D eigenvalue weighted by Crippen LogP contribution is 2.23. The van der Waals surface area contributed by atoms with Crippen molar-refractivity contribution < 1.29 is 9.53 Å². The van der Waals surface area contributed by atoms with E-state index in [9.17, 15) is 9.59 Å². The van der Waals surface area contributed by atoms with Crippen LogP contribution >= 0.6 is 0 Å². The maximum atomic E-state index is 13.5. The Labute approximate surface area is 180 Å². The minimum Gasteiger partial charge on any atom is -0.497 e. The summed E-state index contributed by atoms with van der Waals surface area (Å²) in [5, 5.41) is 0.937. The summed E-state index contributed by atoms with van der Waals surface area (Å²) in [6.45, 7) is 4.11. The molecular formula is C26H24N2O3. The maximum absolute atomic E-state index is 13.5. The van der Waals surface area contributed by atoms with Gasteiger partial charge >= 0.3 is 0 Å². The molecule has 3 aromatic carbocycles. The molecule has 31 heavy (non-hydrogen) atoms. The number of methoxy groups -OCH3 is 1. The van der Waals surface area contributed by atoms with Crippen LogP contribution in [-0.4, -0.2) is 18.0 Å². The molecule has 0 radical (unpaired) electrons. The molecule has 4 rings (SSSR count). The minimum absolute atomic E-state index is 0.151. The monoisotopic (exact) mass is 412 g/mol. The number of pyridine rings is 1. The summed E-state index contributed by atoms with van der Waals surface area (Å²) >= 11 is 0. The summed E-state index contributed by atoms with van der Waals surface area (Å²) in [6.07, 6.45) is 0. The lowest BCUT2D eigenvalue weighted by Crippen LogP contribution is -2.33. The Morgan fingerprint density at radius 1 is 0.968 bits per heavy atom. The Morgan fingerprint density at radius 2 is 1.71 bits per heavy atom. The molecule has 4 aromatic rings. The van der Waals surface area contributed by atoms with Crippen molar-refractivity contribution in [1.82, 2.24) is 4.98 Å². The summed E-state index contributed by atoms with van der Waals surface area (Å²) in [5.41, 5.74) is 4.46. The first-order chi connectivity index (χ1) is 15.0. The standard InChI is InChI=1S/C26H24N2O3/c1-17-10-12-22(13-11-17)28(26(30)20-8-5-9-23(15-20)31-3)16-21-14-19-7-4-6-18(2)24(19)27-25(21)29/h4-15H,16H2,1-3H3,(H,27,29). The molecule has 0 spiro atoms. The summed E-state index contributed by atoms with van der Waals surface area (Å²) in [5.74, 6) is 0.403. The molecule has 0 saturated carbocycles. The number of aryl methyl sites for hydroxylation is 2. The molecule has 1 aromatic heterocycles. The number of carbonyl (C=O) groups excluding carboxylic acids is 1. The number of amides is 1. The number of ether oxygens (including phenoxy) is 1. The Balaban J connectivity index is 1.79. The molecule has 0 fully saturated rings. The second-order valence-corrected chi connectivity index (χ2v) is 7.62. The number of anilines is 1. The number of H-pyrrole nitrogens is 1. The Bertz CT molecular complexity index is 1310. The first kappa shape index (κ1) is 20.4. The van der Waals surface area contributed by atoms with Gasteiger partial charge in [-0.05, 0) is 61.2 Å². The van der Waals surface area contributed by atoms with E-state index in [1.807, 2.05) is 62.4 Å². The third-order valence-corrected chi connectivity index (χ3v) is 5.40. The highest BCUT2D eigenvalue weighted by molar-refractivity contribution is 6.06. The van der Waals surface area contributed by atoms with Gasteiger partial charge in [0, 0.05) is 16.8 Å². The number of aromatic amines is 1. The zero-order valence-electron chi connectivity index (χ0n) is 17.8. The number of hydrogen-bond acceptors (Lipinski definition) is 3. The molecule has 5 nitrogen and oxygen atoms in total. The normalized spacial score (nSPS) is 10.8. The van der Waals surface area contributed by atoms with Crippen LogP contribution in [0.3, 0.4) is 0 Å². The van der Waals surface area contributed by atoms with E-state index < -0.39 is 0 Å². The van der Waals surface area contributed by atoms with Gasteiger partial charge in [0.2, 0.25) is 0 Å². The van der Waals surface area contributed by atoms with Crippen LogP contribution in [0.25, 0.3) is 10.9 Å². The quantitative estimate of drug-likeness (QED) is 0.502. The van der Waals surface area contributed by atoms with E-state index in [0.717, 1.165) is 27.7 Å². The number of nitrogens with one attached hydrogen (secondary N) is 1. The third kappa shape index (κ3) is 4.21. The van der Waals surface area contributed by atoms with E-state index in [-0.39, 0.29) is 18.0 Å². The van der Waals surface area contributed by atoms with E-state index in [1.54, 1.807) is 36.3 Å². The molecule has 0 aliphatic carbocycles. The van der Waals surface area contributed by atoms with Crippen LogP contribution < -0.4 is 15.2 Å². The fraction of sp³-hybridized carbons (Fsp3) is 0.154. The first-order valence-electron chi connectivity index (χ1n) is 10.1. The highest BCUT2D eigenvalue weighted by atomic mass is 16.5. The number of benzene rings is 3. The summed E-state index contributed by atoms with van der Waals surface area (Å²) in [7, 11) is 1.57. The Kier molecular flexibility index (Phi) is 5.58. The molecule has 1 N–H and O–H groups in total. The van der Waals surface area contributed by atoms with Gasteiger partial charge in [-0.3, -0.25) is 9.59 Å². The second kappa shape index (κ2) is 8.48. The smallest absolute Gasteiger partial charge is 0.258 e. The predicted octanol–water partition coefficient (Wildman–Crippen LogP) is 5.00. The number of nitrogens with zero attached hydrogens (tertiary/aromatic N) is 1. The fourth-order valence-corrected chi connectivity index (χ4v) is 3.63. The third-order valence-electron chi connectivity index (χ3n) is 5.40. The highest BCUT2D eigenvalue weighted by Gasteiger charge is 2.20. The van der Waals surface area contributed by atoms with E-state index in [0.29, 0.717) is 16.9 Å². The molecule has 1 amide bonds. The first-order valence-corrected chi connectivity index (χ1v) is 10.1. The van der Waals surface area contributed by atoms with Crippen molar-refractivity contribution in [2.45, 2.75) is 20.4 Å². The van der Waals surface area contributed by atoms with Crippen molar-refractivity contribution in [2.75, 3.05) is 12.0 Å². The zero-order chi connectivity index (χ0) is 22.0. The lowest BCUT2D eigenvalue weighted by Gasteiger charge is -2.23. The van der Waals surface area contributed by atoms with Crippen LogP contribution in [-0.2, 0) is 6.54 Å². The van der Waals surface area contributed by atoms with Crippen LogP contribution in [0.4, 0.5) is 5.69 Å². The van der Waals surface area contributed by atoms with Gasteiger partial charge in [0.1, 0.15) is 5.75 Å². The van der Waals surface area contributed by atoms with E-state index >= 15 is 0 Å². The SMILES string of the molecule is COc1cccc(C(=O)N(Cc2cc3cccc(C)c3[nH]c2=O)c2ccc(C)cc2)c1. The van der Waals surface area contributed by atoms with Gasteiger partial charge < -0.3 is 14.6 Å². The van der Waals surface area contributed by atoms with Crippen molar-refractivity contribution >= 4 is 22.5 Å². The number of rotatable bonds is 5. The summed E-state index contributed by atoms with van der Waals surface area (Å²) in [4.78, 5) is 30.9. The second-order valence-electron chi connectivity index (χ2n) is 7.62. The van der Waals surface area contributed by atoms with Crippen LogP contribution in [0.5, 0.6) is 5.75 Å². The van der Waals surface area contributed by atoms with Gasteiger partial charge in [0.05, 0.1) is 19.2 Å². The molecule has 5 heteroatoms. The van der Waals surface area contributed by atoms with Crippen molar-refractivity contribution in [2.24, 2.45) is 0 Å². The van der Waals surface area contributed by atoms with Gasteiger partial charge in [-0.2, -0.15) is 0 Å². The molecule has 0 unspecified atom stereocenters. The number of aromatic nitrogens is 1. The van der Waals surface area contributed by atoms with Crippen molar-refractivity contribution in [3.8, 4) is 5.75 Å². The average Bonchev–Trinajstić information content (AvgIpc) is 2.79. The number of para-hydroxylation sites is 1. The lowest BCUT2D eigenvalue weighted by atomic mass is 10.1. The van der Waals surface area contributed by atoms with Crippen LogP contribution in [0.2, 0.25) is 0 Å². The van der Waals surface area contributed by atoms with E-state index in [1.165, 1.54) is 0 Å². The minimum atomic E-state index is -0.202. The van der Waals surface area contributed by atoms with E-state index in [4.69, 9.17) is 4.74 Å². The van der Waals surface area contributed by atoms with Crippen molar-refractivity contribution in [1.29, 1.82) is 0 Å². The van der Waals surface area contributed by atoms with Gasteiger partial charge in [0.15, 0.2) is 0 Å². The molecular weight excluding hydrogens is 388 g/mol. The summed E-state index contributed by atoms with van der Waals surface area (Å²) < 4.78 is 5.28. The molecule has 1 heterocycles. The van der Waals surface area contributed by atoms with Crippen LogP contribution in [0.15, 0.2) is 77.6 Å². The molecule has 0 aliphatic heterocycles. The zero-order valence-corrected chi connectivity index (χ0v) is 17.8. The number of hydrogen-bond donors (Lipinski definition) is 1. The van der Waals surface area contributed by atoms with Gasteiger partial charge in [0.25, 0.3) is 11.5 Å². The molecule has 0 saturated heterocycles. The van der Waals surface area contributed by atoms with Crippen molar-refractivity contribution in [3.05, 3.63) is 105 Å². The predicted molar refractivity (Wildman–Crippen MR) is 124 cm³/mol. The van der Waals surface area contributed by atoms with Gasteiger partial charge in [-0.15, -0.1) is 0 Å². The summed E-state index contributed by atoms with van der Waals surface area (Å²) in [6, 6.07) is 22.5. The molecule has 156 valence electrons. The van der Waals surface area contributed by atoms with Crippen LogP contribution in [0, 0.1) is 13.8 Å². The average molecular weight is 412 g/mol. The van der Waals surface area contributed by atoms with Crippen LogP contribution in [0.1, 0.15) is 27.0 Å². The van der Waals surface area contributed by atoms with Gasteiger partial charge in [-0.1, -0.05) is 42.0 Å². The fourth-order valence-electron chi connectivity index (χ4n) is 3.63. The maximum Gasteiger partial charge on any atom is 0.258 e. The number of fused-ring (bicyclic) bond motifs is 1. The van der Waals surface area contributed by atoms with Crippen molar-refractivity contribution in [3.63, 3.8) is 0 Å². The topological polar surface area (TPSA) is 62.4 Å². The lowest BCUT2D eigenvalue weighted by molar-refractivity contribution is 0.0984. The largest absolute Gasteiger partial charge is 0.497 e. The molecule has 0 bridgehead atoms. The number of carbonyl (C=O) groups is 1. The van der Waals surface area contributed by atoms with Gasteiger partial charge in [-0.25, -0.2) is 0 Å². The Morgan fingerprint density at radius 3 is 2.45 bits per heavy atom. The van der Waals surface area contributed by atoms with E-state index in [2.05, 4.69) is 4.98 Å². The molecule has 0 aliphatic rings. The Hall–Kier alpha value is -3.86.